The maximum absolute atomic E-state index is 6.44. The molecule has 0 atom stereocenters. The molecular weight excluding hydrogens is 512 g/mol. The summed E-state index contributed by atoms with van der Waals surface area (Å²) in [5, 5.41) is 0. The fraction of sp³-hybridized carbons (Fsp3) is 0.0769. The maximum Gasteiger partial charge on any atom is 0.151 e. The minimum absolute atomic E-state index is 0.194. The number of nitrogens with zero attached hydrogens (tertiary/aromatic N) is 2. The van der Waals surface area contributed by atoms with Crippen molar-refractivity contribution in [2.75, 3.05) is 9.80 Å². The Morgan fingerprint density at radius 3 is 1.90 bits per heavy atom. The molecule has 3 nitrogen and oxygen atoms in total. The summed E-state index contributed by atoms with van der Waals surface area (Å²) in [4.78, 5) is 4.74. The Morgan fingerprint density at radius 1 is 0.500 bits per heavy atom. The van der Waals surface area contributed by atoms with Gasteiger partial charge in [-0.15, -0.1) is 0 Å². The standard InChI is InChI=1S/C39H30N2O/c1-39(2)32-25-24-31(26-35(32)41-34-17-9-10-18-36(34)42-37-19-11-16-33(39)38(37)41)40(29-14-7-4-8-15-29)30-22-20-28(21-23-30)27-12-5-3-6-13-27/h3-26H,1-2H3. The number of rotatable bonds is 4. The van der Waals surface area contributed by atoms with Crippen LogP contribution in [0.5, 0.6) is 11.5 Å². The topological polar surface area (TPSA) is 15.7 Å². The zero-order chi connectivity index (χ0) is 28.3. The van der Waals surface area contributed by atoms with E-state index in [1.165, 1.54) is 27.9 Å². The molecule has 0 unspecified atom stereocenters. The average molecular weight is 543 g/mol. The molecule has 0 radical (unpaired) electrons. The number of hydrogen-bond donors (Lipinski definition) is 0. The van der Waals surface area contributed by atoms with Crippen LogP contribution in [-0.4, -0.2) is 0 Å². The van der Waals surface area contributed by atoms with E-state index in [4.69, 9.17) is 4.74 Å². The van der Waals surface area contributed by atoms with Crippen molar-refractivity contribution < 1.29 is 4.74 Å². The highest BCUT2D eigenvalue weighted by molar-refractivity contribution is 5.94. The van der Waals surface area contributed by atoms with E-state index in [9.17, 15) is 0 Å². The van der Waals surface area contributed by atoms with Crippen molar-refractivity contribution in [3.05, 3.63) is 157 Å². The molecule has 42 heavy (non-hydrogen) atoms. The van der Waals surface area contributed by atoms with Crippen molar-refractivity contribution in [3.8, 4) is 22.6 Å². The third-order valence-corrected chi connectivity index (χ3v) is 8.62. The Kier molecular flexibility index (Phi) is 5.48. The van der Waals surface area contributed by atoms with Gasteiger partial charge in [-0.05, 0) is 76.9 Å². The van der Waals surface area contributed by atoms with Crippen LogP contribution in [0.25, 0.3) is 11.1 Å². The molecule has 2 aliphatic heterocycles. The van der Waals surface area contributed by atoms with E-state index >= 15 is 0 Å². The summed E-state index contributed by atoms with van der Waals surface area (Å²) in [6.07, 6.45) is 0. The van der Waals surface area contributed by atoms with Crippen LogP contribution in [0.1, 0.15) is 25.0 Å². The van der Waals surface area contributed by atoms with Crippen molar-refractivity contribution in [2.45, 2.75) is 19.3 Å². The van der Waals surface area contributed by atoms with Crippen LogP contribution in [-0.2, 0) is 5.41 Å². The SMILES string of the molecule is CC1(C)c2ccc(N(c3ccccc3)c3ccc(-c4ccccc4)cc3)cc2N2c3ccccc3Oc3cccc1c32. The lowest BCUT2D eigenvalue weighted by molar-refractivity contribution is 0.471. The highest BCUT2D eigenvalue weighted by atomic mass is 16.5. The highest BCUT2D eigenvalue weighted by Crippen LogP contribution is 2.60. The first-order valence-corrected chi connectivity index (χ1v) is 14.5. The average Bonchev–Trinajstić information content (AvgIpc) is 3.04. The first kappa shape index (κ1) is 24.5. The van der Waals surface area contributed by atoms with Gasteiger partial charge in [0.1, 0.15) is 0 Å². The van der Waals surface area contributed by atoms with Gasteiger partial charge in [0.25, 0.3) is 0 Å². The van der Waals surface area contributed by atoms with Crippen LogP contribution < -0.4 is 14.5 Å². The molecule has 0 N–H and O–H groups in total. The van der Waals surface area contributed by atoms with Gasteiger partial charge >= 0.3 is 0 Å². The van der Waals surface area contributed by atoms with Gasteiger partial charge in [0, 0.05) is 22.5 Å². The highest BCUT2D eigenvalue weighted by Gasteiger charge is 2.41. The second kappa shape index (κ2) is 9.39. The monoisotopic (exact) mass is 542 g/mol. The first-order valence-electron chi connectivity index (χ1n) is 14.5. The molecule has 3 heteroatoms. The molecule has 202 valence electrons. The molecule has 0 saturated carbocycles. The van der Waals surface area contributed by atoms with E-state index in [1.807, 2.05) is 6.07 Å². The molecule has 2 aliphatic rings. The molecule has 6 aromatic carbocycles. The summed E-state index contributed by atoms with van der Waals surface area (Å²) in [6.45, 7) is 4.63. The quantitative estimate of drug-likeness (QED) is 0.220. The third-order valence-electron chi connectivity index (χ3n) is 8.62. The zero-order valence-electron chi connectivity index (χ0n) is 23.7. The van der Waals surface area contributed by atoms with E-state index in [-0.39, 0.29) is 5.41 Å². The van der Waals surface area contributed by atoms with Crippen LogP contribution in [0.4, 0.5) is 34.1 Å². The lowest BCUT2D eigenvalue weighted by Crippen LogP contribution is -2.32. The predicted octanol–water partition coefficient (Wildman–Crippen LogP) is 11.0. The van der Waals surface area contributed by atoms with Gasteiger partial charge in [0.2, 0.25) is 0 Å². The first-order chi connectivity index (χ1) is 20.6. The Balaban J connectivity index is 1.32. The van der Waals surface area contributed by atoms with Crippen molar-refractivity contribution in [3.63, 3.8) is 0 Å². The fourth-order valence-electron chi connectivity index (χ4n) is 6.53. The molecule has 8 rings (SSSR count). The molecule has 0 spiro atoms. The number of fused-ring (bicyclic) bond motifs is 4. The minimum atomic E-state index is -0.194. The summed E-state index contributed by atoms with van der Waals surface area (Å²) in [5.41, 5.74) is 11.5. The number of hydrogen-bond acceptors (Lipinski definition) is 3. The largest absolute Gasteiger partial charge is 0.453 e. The third kappa shape index (κ3) is 3.74. The van der Waals surface area contributed by atoms with Crippen LogP contribution in [0.3, 0.4) is 0 Å². The van der Waals surface area contributed by atoms with Gasteiger partial charge in [-0.3, -0.25) is 0 Å². The molecule has 0 saturated heterocycles. The smallest absolute Gasteiger partial charge is 0.151 e. The fourth-order valence-corrected chi connectivity index (χ4v) is 6.53. The van der Waals surface area contributed by atoms with Crippen molar-refractivity contribution in [1.82, 2.24) is 0 Å². The number of anilines is 6. The summed E-state index contributed by atoms with van der Waals surface area (Å²) in [7, 11) is 0. The van der Waals surface area contributed by atoms with Crippen molar-refractivity contribution >= 4 is 34.1 Å². The molecule has 2 heterocycles. The second-order valence-electron chi connectivity index (χ2n) is 11.5. The van der Waals surface area contributed by atoms with Crippen LogP contribution in [0.15, 0.2) is 146 Å². The van der Waals surface area contributed by atoms with Crippen LogP contribution in [0, 0.1) is 0 Å². The molecule has 0 aliphatic carbocycles. The molecule has 0 bridgehead atoms. The van der Waals surface area contributed by atoms with Gasteiger partial charge in [-0.1, -0.05) is 105 Å². The van der Waals surface area contributed by atoms with E-state index < -0.39 is 0 Å². The lowest BCUT2D eigenvalue weighted by atomic mass is 9.73. The molecule has 0 aromatic heterocycles. The minimum Gasteiger partial charge on any atom is -0.453 e. The zero-order valence-corrected chi connectivity index (χ0v) is 23.7. The molecule has 0 fully saturated rings. The van der Waals surface area contributed by atoms with Crippen LogP contribution >= 0.6 is 0 Å². The number of benzene rings is 6. The Labute approximate surface area is 246 Å². The summed E-state index contributed by atoms with van der Waals surface area (Å²) < 4.78 is 6.44. The summed E-state index contributed by atoms with van der Waals surface area (Å²) >= 11 is 0. The predicted molar refractivity (Wildman–Crippen MR) is 173 cm³/mol. The van der Waals surface area contributed by atoms with E-state index in [2.05, 4.69) is 163 Å². The molecular formula is C39H30N2O. The molecule has 6 aromatic rings. The van der Waals surface area contributed by atoms with Gasteiger partial charge in [0.15, 0.2) is 11.5 Å². The number of para-hydroxylation sites is 4. The van der Waals surface area contributed by atoms with Gasteiger partial charge in [-0.25, -0.2) is 0 Å². The van der Waals surface area contributed by atoms with E-state index in [0.717, 1.165) is 39.9 Å². The number of ether oxygens (including phenoxy) is 1. The van der Waals surface area contributed by atoms with E-state index in [0.29, 0.717) is 0 Å². The van der Waals surface area contributed by atoms with Gasteiger partial charge < -0.3 is 14.5 Å². The normalized spacial score (nSPS) is 13.8. The van der Waals surface area contributed by atoms with Crippen molar-refractivity contribution in [2.24, 2.45) is 0 Å². The second-order valence-corrected chi connectivity index (χ2v) is 11.5. The summed E-state index contributed by atoms with van der Waals surface area (Å²) in [5.74, 6) is 1.77. The maximum atomic E-state index is 6.44. The lowest BCUT2D eigenvalue weighted by Gasteiger charge is -2.45. The van der Waals surface area contributed by atoms with Gasteiger partial charge in [0.05, 0.1) is 17.1 Å². The Morgan fingerprint density at radius 2 is 1.12 bits per heavy atom. The Hall–Kier alpha value is -5.28. The van der Waals surface area contributed by atoms with Gasteiger partial charge in [-0.2, -0.15) is 0 Å². The summed E-state index contributed by atoms with van der Waals surface area (Å²) in [6, 6.07) is 51.7. The van der Waals surface area contributed by atoms with Crippen LogP contribution in [0.2, 0.25) is 0 Å². The van der Waals surface area contributed by atoms with Crippen molar-refractivity contribution in [1.29, 1.82) is 0 Å². The molecule has 0 amide bonds. The van der Waals surface area contributed by atoms with E-state index in [1.54, 1.807) is 0 Å². The Bertz CT molecular complexity index is 1930.